The van der Waals surface area contributed by atoms with Gasteiger partial charge in [0.2, 0.25) is 5.91 Å². The Morgan fingerprint density at radius 2 is 1.68 bits per heavy atom. The smallest absolute Gasteiger partial charge is 0.411 e. The van der Waals surface area contributed by atoms with E-state index in [-0.39, 0.29) is 37.6 Å². The van der Waals surface area contributed by atoms with Gasteiger partial charge >= 0.3 is 6.09 Å². The van der Waals surface area contributed by atoms with Gasteiger partial charge in [0, 0.05) is 43.4 Å². The van der Waals surface area contributed by atoms with E-state index in [4.69, 9.17) is 4.74 Å². The van der Waals surface area contributed by atoms with Crippen LogP contribution in [0.25, 0.3) is 11.0 Å². The van der Waals surface area contributed by atoms with E-state index in [0.29, 0.717) is 56.7 Å². The lowest BCUT2D eigenvalue weighted by Crippen LogP contribution is -2.57. The molecule has 6 rings (SSSR count). The SMILES string of the molecule is CC(C)(C)OC(=O)N1CCCN(C(=O)CN2CN(c3ccccc3)C3(CCN(C(=O)c4cnc5[nH]ncc5c4)CC3)C2=O)C1. The van der Waals surface area contributed by atoms with Gasteiger partial charge in [0.05, 0.1) is 25.1 Å². The number of pyridine rings is 1. The fourth-order valence-corrected chi connectivity index (χ4v) is 6.28. The first-order chi connectivity index (χ1) is 21.0. The molecular formula is C31H38N8O5. The molecule has 3 saturated heterocycles. The van der Waals surface area contributed by atoms with E-state index >= 15 is 0 Å². The number of fused-ring (bicyclic) bond motifs is 1. The molecule has 2 aromatic heterocycles. The predicted octanol–water partition coefficient (Wildman–Crippen LogP) is 2.67. The van der Waals surface area contributed by atoms with Gasteiger partial charge in [-0.1, -0.05) is 18.2 Å². The highest BCUT2D eigenvalue weighted by molar-refractivity contribution is 5.99. The lowest BCUT2D eigenvalue weighted by Gasteiger charge is -2.43. The van der Waals surface area contributed by atoms with Crippen molar-refractivity contribution >= 4 is 40.5 Å². The van der Waals surface area contributed by atoms with E-state index < -0.39 is 17.2 Å². The van der Waals surface area contributed by atoms with Crippen LogP contribution in [0.1, 0.15) is 50.4 Å². The normalized spacial score (nSPS) is 18.8. The standard InChI is InChI=1S/C31H38N8O5/c1-30(2,3)44-29(43)37-13-7-12-36(20-37)25(40)19-38-21-39(24-8-5-4-6-9-24)31(28(38)42)10-14-35(15-11-31)27(41)23-16-22-18-33-34-26(22)32-17-23/h4-6,8-9,16-18H,7,10-15,19-21H2,1-3H3,(H,32,33,34). The van der Waals surface area contributed by atoms with E-state index in [2.05, 4.69) is 20.1 Å². The number of likely N-dealkylation sites (tertiary alicyclic amines) is 1. The Balaban J connectivity index is 1.16. The third kappa shape index (κ3) is 5.65. The molecule has 232 valence electrons. The average molecular weight is 603 g/mol. The van der Waals surface area contributed by atoms with Crippen molar-refractivity contribution in [2.24, 2.45) is 0 Å². The van der Waals surface area contributed by atoms with Gasteiger partial charge in [-0.05, 0) is 58.2 Å². The molecule has 0 bridgehead atoms. The average Bonchev–Trinajstić information content (AvgIpc) is 3.59. The molecule has 5 heterocycles. The zero-order chi connectivity index (χ0) is 31.1. The largest absolute Gasteiger partial charge is 0.444 e. The Labute approximate surface area is 255 Å². The summed E-state index contributed by atoms with van der Waals surface area (Å²) in [4.78, 5) is 66.6. The first-order valence-corrected chi connectivity index (χ1v) is 15.0. The van der Waals surface area contributed by atoms with Crippen molar-refractivity contribution in [2.45, 2.75) is 51.2 Å². The van der Waals surface area contributed by atoms with E-state index in [1.54, 1.807) is 33.2 Å². The predicted molar refractivity (Wildman–Crippen MR) is 161 cm³/mol. The number of ether oxygens (including phenoxy) is 1. The van der Waals surface area contributed by atoms with Crippen molar-refractivity contribution in [3.8, 4) is 0 Å². The number of nitrogens with one attached hydrogen (secondary N) is 1. The molecule has 4 amide bonds. The highest BCUT2D eigenvalue weighted by Crippen LogP contribution is 2.39. The minimum atomic E-state index is -0.879. The first-order valence-electron chi connectivity index (χ1n) is 15.0. The Morgan fingerprint density at radius 3 is 2.41 bits per heavy atom. The van der Waals surface area contributed by atoms with Gasteiger partial charge in [0.1, 0.15) is 17.7 Å². The summed E-state index contributed by atoms with van der Waals surface area (Å²) < 4.78 is 5.51. The molecule has 0 aliphatic carbocycles. The zero-order valence-electron chi connectivity index (χ0n) is 25.4. The van der Waals surface area contributed by atoms with Crippen molar-refractivity contribution in [1.29, 1.82) is 0 Å². The van der Waals surface area contributed by atoms with Crippen LogP contribution in [0, 0.1) is 0 Å². The number of carbonyl (C=O) groups is 4. The topological polar surface area (TPSA) is 135 Å². The number of rotatable bonds is 4. The highest BCUT2D eigenvalue weighted by atomic mass is 16.6. The lowest BCUT2D eigenvalue weighted by molar-refractivity contribution is -0.142. The van der Waals surface area contributed by atoms with Gasteiger partial charge < -0.3 is 24.3 Å². The number of aromatic nitrogens is 3. The van der Waals surface area contributed by atoms with Gasteiger partial charge in [0.15, 0.2) is 5.65 Å². The maximum Gasteiger partial charge on any atom is 0.411 e. The number of hydrogen-bond donors (Lipinski definition) is 1. The molecule has 0 unspecified atom stereocenters. The molecule has 0 atom stereocenters. The van der Waals surface area contributed by atoms with Gasteiger partial charge in [-0.25, -0.2) is 9.78 Å². The molecule has 1 spiro atoms. The third-order valence-electron chi connectivity index (χ3n) is 8.53. The second-order valence-electron chi connectivity index (χ2n) is 12.7. The molecule has 3 aromatic rings. The van der Waals surface area contributed by atoms with Crippen LogP contribution in [0.4, 0.5) is 10.5 Å². The molecule has 13 heteroatoms. The van der Waals surface area contributed by atoms with Crippen LogP contribution in [0.2, 0.25) is 0 Å². The molecule has 1 N–H and O–H groups in total. The minimum absolute atomic E-state index is 0.0922. The summed E-state index contributed by atoms with van der Waals surface area (Å²) in [7, 11) is 0. The maximum atomic E-state index is 14.2. The lowest BCUT2D eigenvalue weighted by atomic mass is 9.85. The minimum Gasteiger partial charge on any atom is -0.444 e. The number of anilines is 1. The van der Waals surface area contributed by atoms with Gasteiger partial charge in [-0.3, -0.25) is 24.4 Å². The number of nitrogens with zero attached hydrogens (tertiary/aromatic N) is 7. The fraction of sp³-hybridized carbons (Fsp3) is 0.484. The Morgan fingerprint density at radius 1 is 0.955 bits per heavy atom. The second kappa shape index (κ2) is 11.4. The van der Waals surface area contributed by atoms with E-state index in [0.717, 1.165) is 11.1 Å². The number of hydrogen-bond acceptors (Lipinski definition) is 8. The number of benzene rings is 1. The number of H-pyrrole nitrogens is 1. The molecule has 13 nitrogen and oxygen atoms in total. The molecule has 0 saturated carbocycles. The monoisotopic (exact) mass is 602 g/mol. The van der Waals surface area contributed by atoms with Crippen molar-refractivity contribution in [1.82, 2.24) is 34.8 Å². The quantitative estimate of drug-likeness (QED) is 0.482. The van der Waals surface area contributed by atoms with E-state index in [1.807, 2.05) is 51.1 Å². The van der Waals surface area contributed by atoms with Gasteiger partial charge in [-0.15, -0.1) is 0 Å². The van der Waals surface area contributed by atoms with Crippen molar-refractivity contribution < 1.29 is 23.9 Å². The summed E-state index contributed by atoms with van der Waals surface area (Å²) in [5, 5.41) is 7.53. The van der Waals surface area contributed by atoms with E-state index in [1.165, 1.54) is 4.90 Å². The fourth-order valence-electron chi connectivity index (χ4n) is 6.28. The number of aromatic amines is 1. The molecule has 3 aliphatic heterocycles. The zero-order valence-corrected chi connectivity index (χ0v) is 25.4. The summed E-state index contributed by atoms with van der Waals surface area (Å²) in [5.74, 6) is -0.477. The maximum absolute atomic E-state index is 14.2. The van der Waals surface area contributed by atoms with Crippen LogP contribution >= 0.6 is 0 Å². The number of carbonyl (C=O) groups excluding carboxylic acids is 4. The van der Waals surface area contributed by atoms with Crippen LogP contribution in [-0.4, -0.2) is 116 Å². The van der Waals surface area contributed by atoms with Crippen LogP contribution in [-0.2, 0) is 14.3 Å². The summed E-state index contributed by atoms with van der Waals surface area (Å²) in [5.41, 5.74) is 0.465. The summed E-state index contributed by atoms with van der Waals surface area (Å²) in [6.07, 6.45) is 4.20. The van der Waals surface area contributed by atoms with Gasteiger partial charge in [0.25, 0.3) is 11.8 Å². The van der Waals surface area contributed by atoms with Gasteiger partial charge in [-0.2, -0.15) is 5.10 Å². The molecule has 3 fully saturated rings. The Bertz CT molecular complexity index is 1560. The number of para-hydroxylation sites is 1. The van der Waals surface area contributed by atoms with Crippen molar-refractivity contribution in [3.05, 3.63) is 54.4 Å². The van der Waals surface area contributed by atoms with Crippen molar-refractivity contribution in [2.75, 3.05) is 51.0 Å². The second-order valence-corrected chi connectivity index (χ2v) is 12.7. The van der Waals surface area contributed by atoms with Crippen LogP contribution in [0.5, 0.6) is 0 Å². The third-order valence-corrected chi connectivity index (χ3v) is 8.53. The number of amides is 4. The van der Waals surface area contributed by atoms with Crippen LogP contribution in [0.3, 0.4) is 0 Å². The first kappa shape index (κ1) is 29.4. The Kier molecular flexibility index (Phi) is 7.64. The molecule has 0 radical (unpaired) electrons. The van der Waals surface area contributed by atoms with E-state index in [9.17, 15) is 19.2 Å². The Hall–Kier alpha value is -4.68. The molecule has 1 aromatic carbocycles. The molecule has 44 heavy (non-hydrogen) atoms. The summed E-state index contributed by atoms with van der Waals surface area (Å²) >= 11 is 0. The molecule has 3 aliphatic rings. The summed E-state index contributed by atoms with van der Waals surface area (Å²) in [6, 6.07) is 11.5. The van der Waals surface area contributed by atoms with Crippen LogP contribution in [0.15, 0.2) is 48.8 Å². The van der Waals surface area contributed by atoms with Crippen LogP contribution < -0.4 is 4.90 Å². The number of piperidine rings is 1. The van der Waals surface area contributed by atoms with Crippen molar-refractivity contribution in [3.63, 3.8) is 0 Å². The summed E-state index contributed by atoms with van der Waals surface area (Å²) in [6.45, 7) is 7.50. The molecular weight excluding hydrogens is 564 g/mol. The highest BCUT2D eigenvalue weighted by Gasteiger charge is 2.54.